The molecular weight excluding hydrogens is 204 g/mol. The molecule has 0 aliphatic carbocycles. The predicted molar refractivity (Wildman–Crippen MR) is 64.5 cm³/mol. The molecule has 1 aromatic carbocycles. The van der Waals surface area contributed by atoms with Crippen LogP contribution in [0.4, 0.5) is 5.95 Å². The molecule has 0 saturated heterocycles. The second-order valence-electron chi connectivity index (χ2n) is 3.87. The lowest BCUT2D eigenvalue weighted by Gasteiger charge is -2.13. The molecule has 0 aliphatic rings. The lowest BCUT2D eigenvalue weighted by molar-refractivity contribution is 0.416. The van der Waals surface area contributed by atoms with E-state index in [1.807, 2.05) is 22.8 Å². The number of nitrogen functional groups attached to an aromatic ring is 1. The summed E-state index contributed by atoms with van der Waals surface area (Å²) in [6.45, 7) is 4.16. The molecule has 0 unspecified atom stereocenters. The first kappa shape index (κ1) is 10.8. The highest BCUT2D eigenvalue weighted by atomic mass is 16.5. The molecule has 16 heavy (non-hydrogen) atoms. The van der Waals surface area contributed by atoms with Crippen molar-refractivity contribution in [1.82, 2.24) is 9.55 Å². The van der Waals surface area contributed by atoms with Crippen molar-refractivity contribution >= 4 is 17.0 Å². The third-order valence-corrected chi connectivity index (χ3v) is 2.54. The fourth-order valence-corrected chi connectivity index (χ4v) is 1.89. The molecule has 2 rings (SSSR count). The SMILES string of the molecule is COc1cccc2nc(NN)n(C(C)C)c12. The minimum atomic E-state index is 0.257. The van der Waals surface area contributed by atoms with Gasteiger partial charge in [0, 0.05) is 6.04 Å². The van der Waals surface area contributed by atoms with Crippen molar-refractivity contribution in [3.63, 3.8) is 0 Å². The number of hydrogen-bond acceptors (Lipinski definition) is 4. The number of nitrogens with one attached hydrogen (secondary N) is 1. The van der Waals surface area contributed by atoms with Crippen LogP contribution in [0.15, 0.2) is 18.2 Å². The van der Waals surface area contributed by atoms with Gasteiger partial charge in [-0.05, 0) is 26.0 Å². The monoisotopic (exact) mass is 220 g/mol. The molecule has 3 N–H and O–H groups in total. The predicted octanol–water partition coefficient (Wildman–Crippen LogP) is 1.91. The molecule has 0 radical (unpaired) electrons. The van der Waals surface area contributed by atoms with Crippen molar-refractivity contribution < 1.29 is 4.74 Å². The van der Waals surface area contributed by atoms with Gasteiger partial charge in [-0.15, -0.1) is 0 Å². The zero-order valence-corrected chi connectivity index (χ0v) is 9.69. The van der Waals surface area contributed by atoms with E-state index >= 15 is 0 Å². The van der Waals surface area contributed by atoms with Crippen LogP contribution in [0.3, 0.4) is 0 Å². The Morgan fingerprint density at radius 2 is 2.19 bits per heavy atom. The van der Waals surface area contributed by atoms with Gasteiger partial charge in [0.05, 0.1) is 12.6 Å². The molecule has 0 spiro atoms. The number of hydrogen-bond donors (Lipinski definition) is 2. The van der Waals surface area contributed by atoms with Gasteiger partial charge in [-0.1, -0.05) is 6.07 Å². The summed E-state index contributed by atoms with van der Waals surface area (Å²) in [5, 5.41) is 0. The molecule has 0 atom stereocenters. The Labute approximate surface area is 94.2 Å². The van der Waals surface area contributed by atoms with Crippen LogP contribution in [-0.4, -0.2) is 16.7 Å². The number of methoxy groups -OCH3 is 1. The van der Waals surface area contributed by atoms with Crippen LogP contribution in [0.1, 0.15) is 19.9 Å². The van der Waals surface area contributed by atoms with Gasteiger partial charge in [0.2, 0.25) is 5.95 Å². The fourth-order valence-electron chi connectivity index (χ4n) is 1.89. The topological polar surface area (TPSA) is 65.1 Å². The smallest absolute Gasteiger partial charge is 0.218 e. The van der Waals surface area contributed by atoms with Gasteiger partial charge >= 0.3 is 0 Å². The molecule has 1 aromatic heterocycles. The molecule has 0 fully saturated rings. The minimum Gasteiger partial charge on any atom is -0.494 e. The van der Waals surface area contributed by atoms with E-state index < -0.39 is 0 Å². The number of ether oxygens (including phenoxy) is 1. The maximum absolute atomic E-state index is 5.47. The van der Waals surface area contributed by atoms with E-state index in [2.05, 4.69) is 24.3 Å². The first-order valence-electron chi connectivity index (χ1n) is 5.20. The molecule has 0 aliphatic heterocycles. The number of nitrogens with zero attached hydrogens (tertiary/aromatic N) is 2. The summed E-state index contributed by atoms with van der Waals surface area (Å²) in [7, 11) is 1.65. The van der Waals surface area contributed by atoms with Crippen molar-refractivity contribution in [2.45, 2.75) is 19.9 Å². The van der Waals surface area contributed by atoms with E-state index in [0.29, 0.717) is 5.95 Å². The number of imidazole rings is 1. The number of rotatable bonds is 3. The van der Waals surface area contributed by atoms with Crippen LogP contribution in [0.2, 0.25) is 0 Å². The van der Waals surface area contributed by atoms with Gasteiger partial charge in [-0.2, -0.15) is 0 Å². The Morgan fingerprint density at radius 3 is 2.75 bits per heavy atom. The Bertz CT molecular complexity index is 504. The minimum absolute atomic E-state index is 0.257. The highest BCUT2D eigenvalue weighted by molar-refractivity contribution is 5.85. The Morgan fingerprint density at radius 1 is 1.44 bits per heavy atom. The van der Waals surface area contributed by atoms with Crippen molar-refractivity contribution in [3.8, 4) is 5.75 Å². The number of aromatic nitrogens is 2. The molecule has 0 saturated carbocycles. The summed E-state index contributed by atoms with van der Waals surface area (Å²) >= 11 is 0. The van der Waals surface area contributed by atoms with E-state index in [9.17, 15) is 0 Å². The third kappa shape index (κ3) is 1.49. The normalized spacial score (nSPS) is 11.1. The van der Waals surface area contributed by atoms with Crippen LogP contribution in [-0.2, 0) is 0 Å². The number of fused-ring (bicyclic) bond motifs is 1. The van der Waals surface area contributed by atoms with Crippen molar-refractivity contribution in [3.05, 3.63) is 18.2 Å². The fraction of sp³-hybridized carbons (Fsp3) is 0.364. The average Bonchev–Trinajstić information content (AvgIpc) is 2.66. The maximum Gasteiger partial charge on any atom is 0.218 e. The summed E-state index contributed by atoms with van der Waals surface area (Å²) in [4.78, 5) is 4.41. The standard InChI is InChI=1S/C11H16N4O/c1-7(2)15-10-8(13-11(15)14-12)5-4-6-9(10)16-3/h4-7H,12H2,1-3H3,(H,13,14). The van der Waals surface area contributed by atoms with Crippen LogP contribution in [0, 0.1) is 0 Å². The lowest BCUT2D eigenvalue weighted by Crippen LogP contribution is -2.14. The summed E-state index contributed by atoms with van der Waals surface area (Å²) in [6.07, 6.45) is 0. The number of nitrogens with two attached hydrogens (primary N) is 1. The van der Waals surface area contributed by atoms with Crippen LogP contribution in [0.25, 0.3) is 11.0 Å². The lowest BCUT2D eigenvalue weighted by atomic mass is 10.2. The largest absolute Gasteiger partial charge is 0.494 e. The van der Waals surface area contributed by atoms with Crippen LogP contribution in [0.5, 0.6) is 5.75 Å². The molecular formula is C11H16N4O. The molecule has 86 valence electrons. The van der Waals surface area contributed by atoms with Crippen molar-refractivity contribution in [2.75, 3.05) is 12.5 Å². The average molecular weight is 220 g/mol. The maximum atomic E-state index is 5.47. The van der Waals surface area contributed by atoms with Gasteiger partial charge in [0.25, 0.3) is 0 Å². The second-order valence-corrected chi connectivity index (χ2v) is 3.87. The Kier molecular flexibility index (Phi) is 2.70. The number of hydrazine groups is 1. The van der Waals surface area contributed by atoms with Crippen molar-refractivity contribution in [2.24, 2.45) is 5.84 Å². The van der Waals surface area contributed by atoms with Crippen LogP contribution < -0.4 is 16.0 Å². The molecule has 0 bridgehead atoms. The number of para-hydroxylation sites is 1. The summed E-state index contributed by atoms with van der Waals surface area (Å²) in [6, 6.07) is 6.03. The Hall–Kier alpha value is -1.75. The molecule has 2 aromatic rings. The van der Waals surface area contributed by atoms with Crippen molar-refractivity contribution in [1.29, 1.82) is 0 Å². The molecule has 0 amide bonds. The first-order valence-corrected chi connectivity index (χ1v) is 5.20. The summed E-state index contributed by atoms with van der Waals surface area (Å²) in [5.74, 6) is 6.92. The van der Waals surface area contributed by atoms with E-state index in [4.69, 9.17) is 10.6 Å². The summed E-state index contributed by atoms with van der Waals surface area (Å²) in [5.41, 5.74) is 4.46. The first-order chi connectivity index (χ1) is 7.69. The highest BCUT2D eigenvalue weighted by Crippen LogP contribution is 2.30. The second kappa shape index (κ2) is 4.02. The third-order valence-electron chi connectivity index (χ3n) is 2.54. The molecule has 1 heterocycles. The highest BCUT2D eigenvalue weighted by Gasteiger charge is 2.15. The van der Waals surface area contributed by atoms with Gasteiger partial charge in [0.15, 0.2) is 0 Å². The van der Waals surface area contributed by atoms with Gasteiger partial charge in [0.1, 0.15) is 11.3 Å². The molecule has 5 heteroatoms. The van der Waals surface area contributed by atoms with Gasteiger partial charge < -0.3 is 9.30 Å². The quantitative estimate of drug-likeness (QED) is 0.612. The van der Waals surface area contributed by atoms with E-state index in [1.165, 1.54) is 0 Å². The zero-order chi connectivity index (χ0) is 11.7. The van der Waals surface area contributed by atoms with E-state index in [1.54, 1.807) is 7.11 Å². The van der Waals surface area contributed by atoms with Crippen LogP contribution >= 0.6 is 0 Å². The van der Waals surface area contributed by atoms with E-state index in [0.717, 1.165) is 16.8 Å². The van der Waals surface area contributed by atoms with Gasteiger partial charge in [-0.3, -0.25) is 5.43 Å². The molecule has 5 nitrogen and oxygen atoms in total. The Balaban J connectivity index is 2.80. The number of anilines is 1. The van der Waals surface area contributed by atoms with E-state index in [-0.39, 0.29) is 6.04 Å². The summed E-state index contributed by atoms with van der Waals surface area (Å²) < 4.78 is 7.37. The number of benzene rings is 1. The zero-order valence-electron chi connectivity index (χ0n) is 9.69. The van der Waals surface area contributed by atoms with Gasteiger partial charge in [-0.25, -0.2) is 10.8 Å².